The predicted molar refractivity (Wildman–Crippen MR) is 228 cm³/mol. The molecular weight excluding hydrogens is 820 g/mol. The molecule has 0 spiro atoms. The van der Waals surface area contributed by atoms with Crippen LogP contribution >= 0.6 is 22.9 Å². The molecule has 6 heterocycles. The van der Waals surface area contributed by atoms with Crippen molar-refractivity contribution in [3.63, 3.8) is 0 Å². The highest BCUT2D eigenvalue weighted by atomic mass is 35.5. The number of halogens is 1. The Morgan fingerprint density at radius 2 is 1.70 bits per heavy atom. The number of carbonyl (C=O) groups is 6. The summed E-state index contributed by atoms with van der Waals surface area (Å²) in [6.45, 7) is 12.0. The van der Waals surface area contributed by atoms with Gasteiger partial charge in [0, 0.05) is 95.4 Å². The number of aromatic nitrogens is 3. The second kappa shape index (κ2) is 17.1. The van der Waals surface area contributed by atoms with Gasteiger partial charge in [-0.15, -0.1) is 21.5 Å². The van der Waals surface area contributed by atoms with Gasteiger partial charge in [0.15, 0.2) is 5.82 Å². The van der Waals surface area contributed by atoms with E-state index in [0.717, 1.165) is 26.6 Å². The van der Waals surface area contributed by atoms with Gasteiger partial charge in [-0.1, -0.05) is 36.4 Å². The second-order valence-corrected chi connectivity index (χ2v) is 17.3. The van der Waals surface area contributed by atoms with Crippen LogP contribution in [0.3, 0.4) is 0 Å². The number of hydrogen-bond donors (Lipinski definition) is 3. The van der Waals surface area contributed by atoms with Crippen LogP contribution in [0.15, 0.2) is 59.6 Å². The summed E-state index contributed by atoms with van der Waals surface area (Å²) >= 11 is 7.87. The molecule has 4 aliphatic heterocycles. The van der Waals surface area contributed by atoms with Gasteiger partial charge in [0.25, 0.3) is 11.8 Å². The number of aryl methyl sites for hydroxylation is 2. The Labute approximate surface area is 361 Å². The average molecular weight is 865 g/mol. The maximum Gasteiger partial charge on any atom is 0.263 e. The Hall–Kier alpha value is -6.04. The van der Waals surface area contributed by atoms with Gasteiger partial charge in [0.1, 0.15) is 22.9 Å². The number of anilines is 1. The highest BCUT2D eigenvalue weighted by Gasteiger charge is 2.40. The van der Waals surface area contributed by atoms with Gasteiger partial charge in [-0.25, -0.2) is 5.01 Å². The highest BCUT2D eigenvalue weighted by Crippen LogP contribution is 2.40. The van der Waals surface area contributed by atoms with E-state index in [4.69, 9.17) is 16.6 Å². The molecule has 2 atom stereocenters. The first-order valence-corrected chi connectivity index (χ1v) is 21.4. The summed E-state index contributed by atoms with van der Waals surface area (Å²) in [5.74, 6) is -0.686. The van der Waals surface area contributed by atoms with Gasteiger partial charge >= 0.3 is 0 Å². The number of nitrogens with one attached hydrogen (secondary N) is 3. The van der Waals surface area contributed by atoms with E-state index in [9.17, 15) is 28.8 Å². The molecule has 0 bridgehead atoms. The lowest BCUT2D eigenvalue weighted by Gasteiger charge is -2.35. The molecule has 61 heavy (non-hydrogen) atoms. The first kappa shape index (κ1) is 41.7. The molecule has 316 valence electrons. The Morgan fingerprint density at radius 3 is 2.44 bits per heavy atom. The third-order valence-corrected chi connectivity index (χ3v) is 13.1. The predicted octanol–water partition coefficient (Wildman–Crippen LogP) is 4.49. The molecule has 8 rings (SSSR count). The van der Waals surface area contributed by atoms with Gasteiger partial charge in [0.2, 0.25) is 23.6 Å². The molecule has 2 fully saturated rings. The van der Waals surface area contributed by atoms with Crippen molar-refractivity contribution in [2.45, 2.75) is 77.9 Å². The summed E-state index contributed by atoms with van der Waals surface area (Å²) in [5, 5.41) is 17.4. The Bertz CT molecular complexity index is 2520. The van der Waals surface area contributed by atoms with Gasteiger partial charge in [-0.05, 0) is 69.9 Å². The number of rotatable bonds is 11. The average Bonchev–Trinajstić information content (AvgIpc) is 3.85. The highest BCUT2D eigenvalue weighted by molar-refractivity contribution is 7.15. The van der Waals surface area contributed by atoms with Gasteiger partial charge < -0.3 is 15.1 Å². The molecule has 16 nitrogen and oxygen atoms in total. The fourth-order valence-electron chi connectivity index (χ4n) is 8.21. The number of benzene rings is 2. The summed E-state index contributed by atoms with van der Waals surface area (Å²) in [6.07, 6.45) is 1.85. The number of hydrogen-bond acceptors (Lipinski definition) is 11. The van der Waals surface area contributed by atoms with E-state index in [2.05, 4.69) is 46.7 Å². The van der Waals surface area contributed by atoms with Crippen LogP contribution in [0.1, 0.15) is 93.7 Å². The molecule has 4 aromatic rings. The molecule has 0 aliphatic carbocycles. The van der Waals surface area contributed by atoms with Crippen LogP contribution in [-0.2, 0) is 30.5 Å². The van der Waals surface area contributed by atoms with Crippen molar-refractivity contribution in [2.24, 2.45) is 4.99 Å². The molecule has 2 aromatic heterocycles. The maximum atomic E-state index is 13.8. The van der Waals surface area contributed by atoms with Crippen molar-refractivity contribution in [3.8, 4) is 5.00 Å². The van der Waals surface area contributed by atoms with Crippen molar-refractivity contribution in [3.05, 3.63) is 104 Å². The molecule has 2 aromatic carbocycles. The molecule has 3 N–H and O–H groups in total. The molecule has 6 amide bonds. The SMILES string of the molecule is C=C(C(=O)NN1CCN(C(=O)CCCCC(=O)Nc2cccc3c2CN(C2CCC(=O)NC2=O)C3=O)CC1)[C@@H]1N=C(c2ccc(Cl)cc2)c2c(sc(C)c2C)-n2c(C)nnc21. The number of piperidine rings is 1. The summed E-state index contributed by atoms with van der Waals surface area (Å²) in [4.78, 5) is 86.7. The molecule has 2 saturated heterocycles. The zero-order valence-corrected chi connectivity index (χ0v) is 35.6. The van der Waals surface area contributed by atoms with E-state index in [1.807, 2.05) is 35.8 Å². The number of amides is 6. The molecular formula is C43H45ClN10O6S. The minimum Gasteiger partial charge on any atom is -0.340 e. The minimum atomic E-state index is -0.829. The number of piperazine rings is 1. The van der Waals surface area contributed by atoms with E-state index in [1.165, 1.54) is 4.90 Å². The second-order valence-electron chi connectivity index (χ2n) is 15.6. The van der Waals surface area contributed by atoms with Crippen molar-refractivity contribution in [1.82, 2.24) is 40.3 Å². The van der Waals surface area contributed by atoms with E-state index in [1.54, 1.807) is 39.4 Å². The topological polar surface area (TPSA) is 191 Å². The lowest BCUT2D eigenvalue weighted by Crippen LogP contribution is -2.55. The Kier molecular flexibility index (Phi) is 11.7. The number of nitrogens with zero attached hydrogens (tertiary/aromatic N) is 7. The molecule has 1 unspecified atom stereocenters. The summed E-state index contributed by atoms with van der Waals surface area (Å²) < 4.78 is 1.96. The smallest absolute Gasteiger partial charge is 0.263 e. The lowest BCUT2D eigenvalue weighted by atomic mass is 9.99. The number of aliphatic imine (C=N–C) groups is 1. The summed E-state index contributed by atoms with van der Waals surface area (Å²) in [5.41, 5.74) is 8.30. The molecule has 0 radical (unpaired) electrons. The van der Waals surface area contributed by atoms with E-state index in [0.29, 0.717) is 78.2 Å². The van der Waals surface area contributed by atoms with E-state index < -0.39 is 23.9 Å². The van der Waals surface area contributed by atoms with E-state index >= 15 is 0 Å². The fraction of sp³-hybridized carbons (Fsp3) is 0.372. The Morgan fingerprint density at radius 1 is 0.967 bits per heavy atom. The van der Waals surface area contributed by atoms with Crippen LogP contribution in [0.2, 0.25) is 5.02 Å². The molecule has 0 saturated carbocycles. The maximum absolute atomic E-state index is 13.8. The van der Waals surface area contributed by atoms with Crippen molar-refractivity contribution in [2.75, 3.05) is 31.5 Å². The first-order valence-electron chi connectivity index (χ1n) is 20.2. The fourth-order valence-corrected chi connectivity index (χ4v) is 9.55. The largest absolute Gasteiger partial charge is 0.340 e. The zero-order valence-electron chi connectivity index (χ0n) is 34.0. The molecule has 18 heteroatoms. The van der Waals surface area contributed by atoms with Crippen molar-refractivity contribution < 1.29 is 28.8 Å². The van der Waals surface area contributed by atoms with Crippen LogP contribution in [0.5, 0.6) is 0 Å². The lowest BCUT2D eigenvalue weighted by molar-refractivity contribution is -0.137. The monoisotopic (exact) mass is 864 g/mol. The normalized spacial score (nSPS) is 18.8. The Balaban J connectivity index is 0.824. The van der Waals surface area contributed by atoms with Crippen molar-refractivity contribution >= 4 is 69.8 Å². The number of fused-ring (bicyclic) bond motifs is 4. The number of unbranched alkanes of at least 4 members (excludes halogenated alkanes) is 1. The minimum absolute atomic E-state index is 0.0287. The summed E-state index contributed by atoms with van der Waals surface area (Å²) in [6, 6.07) is 10.9. The van der Waals surface area contributed by atoms with Crippen molar-refractivity contribution in [1.29, 1.82) is 0 Å². The number of imide groups is 1. The van der Waals surface area contributed by atoms with Crippen LogP contribution in [0, 0.1) is 20.8 Å². The number of thiophene rings is 1. The van der Waals surface area contributed by atoms with Crippen LogP contribution < -0.4 is 16.1 Å². The van der Waals surface area contributed by atoms with Crippen LogP contribution in [0.4, 0.5) is 5.69 Å². The number of hydrazine groups is 1. The third kappa shape index (κ3) is 8.24. The third-order valence-electron chi connectivity index (χ3n) is 11.7. The van der Waals surface area contributed by atoms with Gasteiger partial charge in [-0.3, -0.25) is 49.1 Å². The number of carbonyl (C=O) groups excluding carboxylic acids is 6. The molecule has 4 aliphatic rings. The zero-order chi connectivity index (χ0) is 43.1. The summed E-state index contributed by atoms with van der Waals surface area (Å²) in [7, 11) is 0. The van der Waals surface area contributed by atoms with Gasteiger partial charge in [0.05, 0.1) is 5.71 Å². The van der Waals surface area contributed by atoms with Crippen LogP contribution in [-0.4, -0.2) is 103 Å². The van der Waals surface area contributed by atoms with Crippen LogP contribution in [0.25, 0.3) is 5.00 Å². The van der Waals surface area contributed by atoms with Gasteiger partial charge in [-0.2, -0.15) is 0 Å². The quantitative estimate of drug-likeness (QED) is 0.111. The van der Waals surface area contributed by atoms with E-state index in [-0.39, 0.29) is 61.4 Å². The first-order chi connectivity index (χ1) is 29.3. The standard InChI is InChI=1S/C43H45ClN10O6S/c1-23-25(3)61-43-36(23)38(27-12-14-28(44)15-13-27)47-37(39-49-48-26(4)54(39)43)24(2)40(58)50-52-20-18-51(19-21-52)35(57)11-6-5-10-33(55)45-31-9-7-8-29-30(31)22-53(42(29)60)32-16-17-34(56)46-41(32)59/h7-9,12-15,32,37H,2,5-6,10-11,16-22H2,1,3-4H3,(H,45,55)(H,50,58)(H,46,56,59)/t32?,37-/m0/s1.